The maximum absolute atomic E-state index is 13.3. The first kappa shape index (κ1) is 12.2. The van der Waals surface area contributed by atoms with Crippen LogP contribution in [0.25, 0.3) is 0 Å². The van der Waals surface area contributed by atoms with Crippen molar-refractivity contribution in [1.29, 1.82) is 0 Å². The van der Waals surface area contributed by atoms with Gasteiger partial charge >= 0.3 is 0 Å². The summed E-state index contributed by atoms with van der Waals surface area (Å²) in [6, 6.07) is 5.23. The van der Waals surface area contributed by atoms with Gasteiger partial charge in [0.15, 0.2) is 0 Å². The third-order valence-corrected chi connectivity index (χ3v) is 2.68. The van der Waals surface area contributed by atoms with Crippen LogP contribution in [-0.2, 0) is 0 Å². The van der Waals surface area contributed by atoms with E-state index in [4.69, 9.17) is 5.73 Å². The summed E-state index contributed by atoms with van der Waals surface area (Å²) >= 11 is 0. The molecule has 2 N–H and O–H groups in total. The van der Waals surface area contributed by atoms with Crippen LogP contribution in [0, 0.1) is 18.7 Å². The van der Waals surface area contributed by atoms with Crippen molar-refractivity contribution >= 4 is 0 Å². The molecule has 1 nitrogen and oxygen atoms in total. The van der Waals surface area contributed by atoms with E-state index in [1.165, 1.54) is 0 Å². The first-order valence-corrected chi connectivity index (χ1v) is 5.52. The maximum Gasteiger partial charge on any atom is 0.126 e. The molecule has 0 heterocycles. The lowest BCUT2D eigenvalue weighted by molar-refractivity contribution is 0.505. The Morgan fingerprint density at radius 1 is 1.27 bits per heavy atom. The van der Waals surface area contributed by atoms with E-state index in [0.29, 0.717) is 11.5 Å². The normalized spacial score (nSPS) is 13.2. The molecule has 0 radical (unpaired) electrons. The second kappa shape index (κ2) is 5.26. The highest BCUT2D eigenvalue weighted by Crippen LogP contribution is 2.20. The second-order valence-corrected chi connectivity index (χ2v) is 4.59. The van der Waals surface area contributed by atoms with E-state index in [1.807, 2.05) is 6.07 Å². The first-order valence-electron chi connectivity index (χ1n) is 5.52. The molecule has 1 atom stereocenters. The molecular weight excluding hydrogens is 189 g/mol. The Kier molecular flexibility index (Phi) is 4.28. The van der Waals surface area contributed by atoms with Crippen molar-refractivity contribution in [3.63, 3.8) is 0 Å². The molecule has 0 aliphatic heterocycles. The summed E-state index contributed by atoms with van der Waals surface area (Å²) in [5.74, 6) is 0.485. The minimum Gasteiger partial charge on any atom is -0.324 e. The summed E-state index contributed by atoms with van der Waals surface area (Å²) in [6.45, 7) is 6.10. The van der Waals surface area contributed by atoms with Gasteiger partial charge in [-0.15, -0.1) is 0 Å². The van der Waals surface area contributed by atoms with Crippen LogP contribution in [-0.4, -0.2) is 0 Å². The van der Waals surface area contributed by atoms with Crippen molar-refractivity contribution in [1.82, 2.24) is 0 Å². The second-order valence-electron chi connectivity index (χ2n) is 4.59. The minimum atomic E-state index is -0.160. The predicted octanol–water partition coefficient (Wildman–Crippen LogP) is 3.57. The summed E-state index contributed by atoms with van der Waals surface area (Å²) in [5.41, 5.74) is 7.57. The monoisotopic (exact) mass is 209 g/mol. The van der Waals surface area contributed by atoms with E-state index in [-0.39, 0.29) is 11.9 Å². The van der Waals surface area contributed by atoms with Crippen molar-refractivity contribution in [3.05, 3.63) is 35.1 Å². The van der Waals surface area contributed by atoms with Gasteiger partial charge in [0.05, 0.1) is 0 Å². The Morgan fingerprint density at radius 2 is 1.93 bits per heavy atom. The van der Waals surface area contributed by atoms with Gasteiger partial charge in [-0.05, 0) is 42.9 Å². The lowest BCUT2D eigenvalue weighted by atomic mass is 9.97. The van der Waals surface area contributed by atoms with E-state index < -0.39 is 0 Å². The molecule has 0 bridgehead atoms. The van der Waals surface area contributed by atoms with Gasteiger partial charge in [0.1, 0.15) is 5.82 Å². The van der Waals surface area contributed by atoms with Gasteiger partial charge in [-0.1, -0.05) is 26.0 Å². The molecule has 2 heteroatoms. The molecule has 1 rings (SSSR count). The minimum absolute atomic E-state index is 0.0394. The van der Waals surface area contributed by atoms with Crippen molar-refractivity contribution in [2.24, 2.45) is 11.7 Å². The summed E-state index contributed by atoms with van der Waals surface area (Å²) in [4.78, 5) is 0. The van der Waals surface area contributed by atoms with E-state index in [2.05, 4.69) is 13.8 Å². The standard InChI is InChI=1S/C13H20FN/c1-9(2)4-7-13(15)11-6-5-10(3)12(14)8-11/h5-6,8-9,13H,4,7,15H2,1-3H3. The fourth-order valence-corrected chi connectivity index (χ4v) is 1.52. The molecule has 0 aliphatic carbocycles. The number of aryl methyl sites for hydroxylation is 1. The van der Waals surface area contributed by atoms with Crippen molar-refractivity contribution in [3.8, 4) is 0 Å². The van der Waals surface area contributed by atoms with Crippen LogP contribution in [0.5, 0.6) is 0 Å². The zero-order valence-electron chi connectivity index (χ0n) is 9.76. The summed E-state index contributed by atoms with van der Waals surface area (Å²) in [6.07, 6.45) is 2.00. The van der Waals surface area contributed by atoms with Crippen LogP contribution >= 0.6 is 0 Å². The number of halogens is 1. The molecule has 0 amide bonds. The third-order valence-electron chi connectivity index (χ3n) is 2.68. The largest absolute Gasteiger partial charge is 0.324 e. The van der Waals surface area contributed by atoms with Crippen molar-refractivity contribution in [2.75, 3.05) is 0 Å². The SMILES string of the molecule is Cc1ccc(C(N)CCC(C)C)cc1F. The zero-order chi connectivity index (χ0) is 11.4. The average molecular weight is 209 g/mol. The van der Waals surface area contributed by atoms with E-state index >= 15 is 0 Å². The van der Waals surface area contributed by atoms with Gasteiger partial charge in [-0.25, -0.2) is 4.39 Å². The van der Waals surface area contributed by atoms with E-state index in [1.54, 1.807) is 19.1 Å². The summed E-state index contributed by atoms with van der Waals surface area (Å²) in [7, 11) is 0. The topological polar surface area (TPSA) is 26.0 Å². The van der Waals surface area contributed by atoms with E-state index in [9.17, 15) is 4.39 Å². The van der Waals surface area contributed by atoms with Gasteiger partial charge in [-0.3, -0.25) is 0 Å². The van der Waals surface area contributed by atoms with Gasteiger partial charge in [-0.2, -0.15) is 0 Å². The quantitative estimate of drug-likeness (QED) is 0.806. The molecule has 1 aromatic rings. The number of hydrogen-bond acceptors (Lipinski definition) is 1. The Morgan fingerprint density at radius 3 is 2.47 bits per heavy atom. The van der Waals surface area contributed by atoms with Crippen LogP contribution in [0.15, 0.2) is 18.2 Å². The molecule has 1 aromatic carbocycles. The molecule has 0 aliphatic rings. The summed E-state index contributed by atoms with van der Waals surface area (Å²) < 4.78 is 13.3. The van der Waals surface area contributed by atoms with Gasteiger partial charge in [0.25, 0.3) is 0 Å². The highest BCUT2D eigenvalue weighted by atomic mass is 19.1. The fraction of sp³-hybridized carbons (Fsp3) is 0.538. The van der Waals surface area contributed by atoms with Gasteiger partial charge in [0, 0.05) is 6.04 Å². The van der Waals surface area contributed by atoms with Crippen LogP contribution in [0.4, 0.5) is 4.39 Å². The number of nitrogens with two attached hydrogens (primary N) is 1. The molecule has 0 spiro atoms. The van der Waals surface area contributed by atoms with Crippen LogP contribution in [0.1, 0.15) is 43.9 Å². The average Bonchev–Trinajstić information content (AvgIpc) is 2.18. The smallest absolute Gasteiger partial charge is 0.126 e. The van der Waals surface area contributed by atoms with Crippen LogP contribution in [0.3, 0.4) is 0 Å². The Labute approximate surface area is 91.5 Å². The Bertz CT molecular complexity index is 320. The molecule has 1 unspecified atom stereocenters. The van der Waals surface area contributed by atoms with Gasteiger partial charge in [0.2, 0.25) is 0 Å². The summed E-state index contributed by atoms with van der Waals surface area (Å²) in [5, 5.41) is 0. The third kappa shape index (κ3) is 3.63. The van der Waals surface area contributed by atoms with E-state index in [0.717, 1.165) is 18.4 Å². The van der Waals surface area contributed by atoms with Crippen molar-refractivity contribution < 1.29 is 4.39 Å². The molecule has 0 saturated carbocycles. The molecule has 15 heavy (non-hydrogen) atoms. The molecule has 0 fully saturated rings. The fourth-order valence-electron chi connectivity index (χ4n) is 1.52. The number of rotatable bonds is 4. The highest BCUT2D eigenvalue weighted by Gasteiger charge is 2.08. The van der Waals surface area contributed by atoms with Crippen LogP contribution < -0.4 is 5.73 Å². The predicted molar refractivity (Wildman–Crippen MR) is 62.1 cm³/mol. The Balaban J connectivity index is 2.65. The van der Waals surface area contributed by atoms with Crippen molar-refractivity contribution in [2.45, 2.75) is 39.7 Å². The Hall–Kier alpha value is -0.890. The van der Waals surface area contributed by atoms with Gasteiger partial charge < -0.3 is 5.73 Å². The molecule has 0 saturated heterocycles. The lowest BCUT2D eigenvalue weighted by Gasteiger charge is -2.14. The first-order chi connectivity index (χ1) is 7.00. The molecule has 0 aromatic heterocycles. The molecule has 84 valence electrons. The number of hydrogen-bond donors (Lipinski definition) is 1. The van der Waals surface area contributed by atoms with Crippen LogP contribution in [0.2, 0.25) is 0 Å². The highest BCUT2D eigenvalue weighted by molar-refractivity contribution is 5.25. The zero-order valence-corrected chi connectivity index (χ0v) is 9.76. The number of benzene rings is 1. The maximum atomic E-state index is 13.3. The lowest BCUT2D eigenvalue weighted by Crippen LogP contribution is -2.11. The molecular formula is C13H20FN.